The largest absolute Gasteiger partial charge is 0.492 e. The number of rotatable bonds is 9. The highest BCUT2D eigenvalue weighted by molar-refractivity contribution is 5.92. The number of anilines is 1. The van der Waals surface area contributed by atoms with Crippen molar-refractivity contribution in [2.24, 2.45) is 11.8 Å². The molecule has 1 saturated heterocycles. The molecule has 1 amide bonds. The molecule has 1 unspecified atom stereocenters. The Kier molecular flexibility index (Phi) is 11.9. The molecule has 25 heavy (non-hydrogen) atoms. The van der Waals surface area contributed by atoms with E-state index in [4.69, 9.17) is 4.74 Å². The van der Waals surface area contributed by atoms with E-state index in [0.717, 1.165) is 44.2 Å². The van der Waals surface area contributed by atoms with Crippen LogP contribution in [0.4, 0.5) is 5.69 Å². The van der Waals surface area contributed by atoms with E-state index in [0.29, 0.717) is 12.5 Å². The first kappa shape index (κ1) is 24.0. The van der Waals surface area contributed by atoms with Gasteiger partial charge < -0.3 is 20.3 Å². The maximum atomic E-state index is 12.2. The van der Waals surface area contributed by atoms with Crippen molar-refractivity contribution in [3.05, 3.63) is 24.3 Å². The van der Waals surface area contributed by atoms with Crippen LogP contribution in [0.15, 0.2) is 24.3 Å². The minimum Gasteiger partial charge on any atom is -0.492 e. The second-order valence-corrected chi connectivity index (χ2v) is 6.10. The number of ether oxygens (including phenoxy) is 1. The van der Waals surface area contributed by atoms with E-state index in [-0.39, 0.29) is 36.6 Å². The van der Waals surface area contributed by atoms with Gasteiger partial charge in [0.15, 0.2) is 0 Å². The van der Waals surface area contributed by atoms with Crippen LogP contribution in [0.3, 0.4) is 0 Å². The summed E-state index contributed by atoms with van der Waals surface area (Å²) in [5.41, 5.74) is 0.824. The number of carbonyl (C=O) groups is 1. The van der Waals surface area contributed by atoms with Gasteiger partial charge in [0, 0.05) is 18.2 Å². The summed E-state index contributed by atoms with van der Waals surface area (Å²) < 4.78 is 5.75. The Morgan fingerprint density at radius 1 is 1.24 bits per heavy atom. The Morgan fingerprint density at radius 2 is 1.84 bits per heavy atom. The topological polar surface area (TPSA) is 53.6 Å². The molecule has 0 radical (unpaired) electrons. The van der Waals surface area contributed by atoms with Crippen LogP contribution in [0.25, 0.3) is 0 Å². The first-order valence-electron chi connectivity index (χ1n) is 8.60. The molecular formula is C18H31Cl2N3O2. The van der Waals surface area contributed by atoms with Gasteiger partial charge in [0.2, 0.25) is 5.91 Å². The van der Waals surface area contributed by atoms with E-state index in [2.05, 4.69) is 29.4 Å². The van der Waals surface area contributed by atoms with Crippen molar-refractivity contribution in [2.75, 3.05) is 44.6 Å². The van der Waals surface area contributed by atoms with Gasteiger partial charge in [-0.25, -0.2) is 0 Å². The molecule has 0 aliphatic carbocycles. The second kappa shape index (κ2) is 12.4. The SMILES string of the molecule is CCN(CC)CCOc1ccc(NC(=O)C(C)C2CNC2)cc1.Cl.Cl. The lowest BCUT2D eigenvalue weighted by atomic mass is 9.88. The molecule has 1 heterocycles. The number of halogens is 2. The van der Waals surface area contributed by atoms with Crippen molar-refractivity contribution >= 4 is 36.4 Å². The van der Waals surface area contributed by atoms with Crippen LogP contribution < -0.4 is 15.4 Å². The predicted molar refractivity (Wildman–Crippen MR) is 108 cm³/mol. The number of hydrogen-bond donors (Lipinski definition) is 2. The molecule has 2 rings (SSSR count). The third-order valence-corrected chi connectivity index (χ3v) is 4.63. The standard InChI is InChI=1S/C18H29N3O2.2ClH/c1-4-21(5-2)10-11-23-17-8-6-16(7-9-17)20-18(22)14(3)15-12-19-13-15;;/h6-9,14-15,19H,4-5,10-13H2,1-3H3,(H,20,22);2*1H. The van der Waals surface area contributed by atoms with E-state index >= 15 is 0 Å². The Hall–Kier alpha value is -1.01. The van der Waals surface area contributed by atoms with Crippen LogP contribution >= 0.6 is 24.8 Å². The average molecular weight is 392 g/mol. The van der Waals surface area contributed by atoms with Crippen molar-refractivity contribution < 1.29 is 9.53 Å². The predicted octanol–water partition coefficient (Wildman–Crippen LogP) is 3.04. The van der Waals surface area contributed by atoms with E-state index in [1.54, 1.807) is 0 Å². The van der Waals surface area contributed by atoms with E-state index < -0.39 is 0 Å². The molecule has 5 nitrogen and oxygen atoms in total. The first-order valence-corrected chi connectivity index (χ1v) is 8.60. The minimum atomic E-state index is 0. The minimum absolute atomic E-state index is 0. The van der Waals surface area contributed by atoms with Gasteiger partial charge in [-0.3, -0.25) is 4.79 Å². The van der Waals surface area contributed by atoms with Crippen molar-refractivity contribution in [1.82, 2.24) is 10.2 Å². The number of benzene rings is 1. The van der Waals surface area contributed by atoms with Crippen LogP contribution in [-0.2, 0) is 4.79 Å². The molecular weight excluding hydrogens is 361 g/mol. The van der Waals surface area contributed by atoms with Gasteiger partial charge in [-0.15, -0.1) is 24.8 Å². The summed E-state index contributed by atoms with van der Waals surface area (Å²) in [4.78, 5) is 14.5. The summed E-state index contributed by atoms with van der Waals surface area (Å²) in [7, 11) is 0. The van der Waals surface area contributed by atoms with Gasteiger partial charge >= 0.3 is 0 Å². The maximum absolute atomic E-state index is 12.2. The molecule has 0 aromatic heterocycles. The zero-order chi connectivity index (χ0) is 16.7. The fourth-order valence-corrected chi connectivity index (χ4v) is 2.60. The summed E-state index contributed by atoms with van der Waals surface area (Å²) >= 11 is 0. The zero-order valence-electron chi connectivity index (χ0n) is 15.3. The second-order valence-electron chi connectivity index (χ2n) is 6.10. The summed E-state index contributed by atoms with van der Waals surface area (Å²) in [5.74, 6) is 1.43. The molecule has 1 aliphatic rings. The van der Waals surface area contributed by atoms with Crippen LogP contribution in [0.5, 0.6) is 5.75 Å². The van der Waals surface area contributed by atoms with E-state index in [1.807, 2.05) is 31.2 Å². The van der Waals surface area contributed by atoms with Gasteiger partial charge in [0.25, 0.3) is 0 Å². The molecule has 1 aliphatic heterocycles. The smallest absolute Gasteiger partial charge is 0.227 e. The molecule has 0 bridgehead atoms. The van der Waals surface area contributed by atoms with Crippen LogP contribution in [0, 0.1) is 11.8 Å². The van der Waals surface area contributed by atoms with E-state index in [1.165, 1.54) is 0 Å². The Balaban J connectivity index is 0.00000288. The number of nitrogens with one attached hydrogen (secondary N) is 2. The number of likely N-dealkylation sites (N-methyl/N-ethyl adjacent to an activating group) is 1. The molecule has 0 saturated carbocycles. The van der Waals surface area contributed by atoms with Crippen LogP contribution in [0.2, 0.25) is 0 Å². The zero-order valence-corrected chi connectivity index (χ0v) is 16.9. The normalized spacial score (nSPS) is 14.7. The molecule has 7 heteroatoms. The highest BCUT2D eigenvalue weighted by Gasteiger charge is 2.28. The summed E-state index contributed by atoms with van der Waals surface area (Å²) in [6.07, 6.45) is 0. The van der Waals surface area contributed by atoms with Crippen molar-refractivity contribution in [3.8, 4) is 5.75 Å². The quantitative estimate of drug-likeness (QED) is 0.678. The lowest BCUT2D eigenvalue weighted by Crippen LogP contribution is -2.48. The number of nitrogens with zero attached hydrogens (tertiary/aromatic N) is 1. The number of amides is 1. The third-order valence-electron chi connectivity index (χ3n) is 4.63. The van der Waals surface area contributed by atoms with Crippen LogP contribution in [0.1, 0.15) is 20.8 Å². The summed E-state index contributed by atoms with van der Waals surface area (Å²) in [6.45, 7) is 11.9. The maximum Gasteiger partial charge on any atom is 0.227 e. The van der Waals surface area contributed by atoms with Gasteiger partial charge in [0.05, 0.1) is 0 Å². The highest BCUT2D eigenvalue weighted by atomic mass is 35.5. The molecule has 1 fully saturated rings. The molecule has 1 aromatic carbocycles. The fourth-order valence-electron chi connectivity index (χ4n) is 2.60. The molecule has 2 N–H and O–H groups in total. The molecule has 1 atom stereocenters. The lowest BCUT2D eigenvalue weighted by Gasteiger charge is -2.31. The van der Waals surface area contributed by atoms with Crippen molar-refractivity contribution in [2.45, 2.75) is 20.8 Å². The lowest BCUT2D eigenvalue weighted by molar-refractivity contribution is -0.121. The van der Waals surface area contributed by atoms with Gasteiger partial charge in [-0.2, -0.15) is 0 Å². The Morgan fingerprint density at radius 3 is 2.32 bits per heavy atom. The van der Waals surface area contributed by atoms with Crippen molar-refractivity contribution in [1.29, 1.82) is 0 Å². The number of carbonyl (C=O) groups excluding carboxylic acids is 1. The fraction of sp³-hybridized carbons (Fsp3) is 0.611. The van der Waals surface area contributed by atoms with E-state index in [9.17, 15) is 4.79 Å². The third kappa shape index (κ3) is 7.40. The summed E-state index contributed by atoms with van der Waals surface area (Å²) in [5, 5.41) is 6.18. The highest BCUT2D eigenvalue weighted by Crippen LogP contribution is 2.20. The number of hydrogen-bond acceptors (Lipinski definition) is 4. The van der Waals surface area contributed by atoms with Crippen LogP contribution in [-0.4, -0.2) is 50.1 Å². The molecule has 144 valence electrons. The Labute approximate surface area is 163 Å². The molecule has 1 aromatic rings. The monoisotopic (exact) mass is 391 g/mol. The van der Waals surface area contributed by atoms with Gasteiger partial charge in [-0.1, -0.05) is 20.8 Å². The average Bonchev–Trinajstić information content (AvgIpc) is 2.51. The molecule has 0 spiro atoms. The van der Waals surface area contributed by atoms with Crippen molar-refractivity contribution in [3.63, 3.8) is 0 Å². The Bertz CT molecular complexity index is 492. The van der Waals surface area contributed by atoms with Gasteiger partial charge in [0.1, 0.15) is 12.4 Å². The van der Waals surface area contributed by atoms with Gasteiger partial charge in [-0.05, 0) is 56.4 Å². The first-order chi connectivity index (χ1) is 11.1. The summed E-state index contributed by atoms with van der Waals surface area (Å²) in [6, 6.07) is 7.62.